The molecule has 1 aromatic rings. The van der Waals surface area contributed by atoms with Crippen LogP contribution in [0.5, 0.6) is 0 Å². The summed E-state index contributed by atoms with van der Waals surface area (Å²) >= 11 is 0. The van der Waals surface area contributed by atoms with E-state index < -0.39 is 0 Å². The molecular formula is C7H14N4. The molecule has 1 rings (SSSR count). The fourth-order valence-electron chi connectivity index (χ4n) is 1.03. The Morgan fingerprint density at radius 1 is 1.64 bits per heavy atom. The van der Waals surface area contributed by atoms with Crippen LogP contribution in [0.2, 0.25) is 0 Å². The Balaban J connectivity index is 2.71. The number of H-pyrrole nitrogens is 1. The maximum Gasteiger partial charge on any atom is 0.113 e. The van der Waals surface area contributed by atoms with Gasteiger partial charge in [0.25, 0.3) is 0 Å². The van der Waals surface area contributed by atoms with Crippen molar-refractivity contribution in [2.45, 2.75) is 6.17 Å². The van der Waals surface area contributed by atoms with Crippen LogP contribution < -0.4 is 11.3 Å². The quantitative estimate of drug-likeness (QED) is 0.327. The van der Waals surface area contributed by atoms with Crippen molar-refractivity contribution in [3.8, 4) is 0 Å². The fraction of sp³-hybridized carbons (Fsp3) is 0.429. The topological polar surface area (TPSA) is 57.1 Å². The first-order valence-electron chi connectivity index (χ1n) is 3.51. The van der Waals surface area contributed by atoms with E-state index in [0.717, 1.165) is 5.69 Å². The number of aromatic amines is 1. The molecule has 0 radical (unpaired) electrons. The number of nitrogens with zero attached hydrogens (tertiary/aromatic N) is 1. The molecule has 0 aliphatic heterocycles. The third kappa shape index (κ3) is 1.80. The maximum atomic E-state index is 5.35. The van der Waals surface area contributed by atoms with Crippen molar-refractivity contribution in [2.75, 3.05) is 14.1 Å². The van der Waals surface area contributed by atoms with Gasteiger partial charge in [0, 0.05) is 11.9 Å². The Labute approximate surface area is 66.4 Å². The van der Waals surface area contributed by atoms with Crippen LogP contribution in [0.25, 0.3) is 0 Å². The van der Waals surface area contributed by atoms with Crippen molar-refractivity contribution < 1.29 is 0 Å². The molecule has 0 fully saturated rings. The third-order valence-corrected chi connectivity index (χ3v) is 1.59. The Hall–Kier alpha value is -0.840. The van der Waals surface area contributed by atoms with Gasteiger partial charge in [-0.25, -0.2) is 5.43 Å². The van der Waals surface area contributed by atoms with E-state index in [4.69, 9.17) is 5.84 Å². The highest BCUT2D eigenvalue weighted by Crippen LogP contribution is 2.10. The lowest BCUT2D eigenvalue weighted by Gasteiger charge is -2.21. The predicted octanol–water partition coefficient (Wildman–Crippen LogP) is 0.0382. The van der Waals surface area contributed by atoms with Gasteiger partial charge >= 0.3 is 0 Å². The lowest BCUT2D eigenvalue weighted by Crippen LogP contribution is -2.37. The summed E-state index contributed by atoms with van der Waals surface area (Å²) in [4.78, 5) is 5.08. The molecule has 0 amide bonds. The van der Waals surface area contributed by atoms with Crippen LogP contribution in [-0.2, 0) is 0 Å². The lowest BCUT2D eigenvalue weighted by molar-refractivity contribution is 0.248. The van der Waals surface area contributed by atoms with Gasteiger partial charge in [-0.15, -0.1) is 0 Å². The molecule has 1 atom stereocenters. The average molecular weight is 154 g/mol. The summed E-state index contributed by atoms with van der Waals surface area (Å²) in [6.45, 7) is 0. The number of hydrogen-bond acceptors (Lipinski definition) is 3. The number of nitrogens with one attached hydrogen (secondary N) is 2. The number of aromatic nitrogens is 1. The minimum atomic E-state index is 0.0602. The van der Waals surface area contributed by atoms with Crippen molar-refractivity contribution >= 4 is 0 Å². The highest BCUT2D eigenvalue weighted by Gasteiger charge is 2.10. The second kappa shape index (κ2) is 3.52. The van der Waals surface area contributed by atoms with E-state index in [1.54, 1.807) is 0 Å². The second-order valence-electron chi connectivity index (χ2n) is 2.66. The van der Waals surface area contributed by atoms with Crippen LogP contribution in [0.15, 0.2) is 18.3 Å². The zero-order valence-electron chi connectivity index (χ0n) is 6.83. The normalized spacial score (nSPS) is 13.8. The molecule has 0 aliphatic rings. The SMILES string of the molecule is CN(C)C(NN)c1ccc[nH]1. The second-order valence-corrected chi connectivity index (χ2v) is 2.66. The van der Waals surface area contributed by atoms with Crippen LogP contribution in [0, 0.1) is 0 Å². The lowest BCUT2D eigenvalue weighted by atomic mass is 10.3. The highest BCUT2D eigenvalue weighted by molar-refractivity contribution is 5.07. The van der Waals surface area contributed by atoms with Crippen molar-refractivity contribution in [3.05, 3.63) is 24.0 Å². The van der Waals surface area contributed by atoms with Crippen LogP contribution in [-0.4, -0.2) is 24.0 Å². The molecule has 0 saturated carbocycles. The van der Waals surface area contributed by atoms with E-state index in [9.17, 15) is 0 Å². The number of rotatable bonds is 3. The van der Waals surface area contributed by atoms with Crippen LogP contribution in [0.4, 0.5) is 0 Å². The summed E-state index contributed by atoms with van der Waals surface area (Å²) in [5.41, 5.74) is 3.77. The minimum Gasteiger partial charge on any atom is -0.363 e. The van der Waals surface area contributed by atoms with Crippen molar-refractivity contribution in [3.63, 3.8) is 0 Å². The van der Waals surface area contributed by atoms with E-state index in [2.05, 4.69) is 10.4 Å². The Kier molecular flexibility index (Phi) is 2.64. The number of hydrazine groups is 1. The van der Waals surface area contributed by atoms with E-state index >= 15 is 0 Å². The monoisotopic (exact) mass is 154 g/mol. The zero-order chi connectivity index (χ0) is 8.27. The van der Waals surface area contributed by atoms with Gasteiger partial charge in [-0.2, -0.15) is 0 Å². The van der Waals surface area contributed by atoms with E-state index in [1.165, 1.54) is 0 Å². The van der Waals surface area contributed by atoms with Gasteiger partial charge in [0.2, 0.25) is 0 Å². The molecule has 1 heterocycles. The van der Waals surface area contributed by atoms with Gasteiger partial charge < -0.3 is 4.98 Å². The van der Waals surface area contributed by atoms with Gasteiger partial charge in [0.15, 0.2) is 0 Å². The first kappa shape index (κ1) is 8.26. The van der Waals surface area contributed by atoms with Gasteiger partial charge in [0.1, 0.15) is 6.17 Å². The highest BCUT2D eigenvalue weighted by atomic mass is 15.4. The summed E-state index contributed by atoms with van der Waals surface area (Å²) in [6, 6.07) is 3.94. The molecule has 62 valence electrons. The largest absolute Gasteiger partial charge is 0.363 e. The van der Waals surface area contributed by atoms with Gasteiger partial charge in [-0.3, -0.25) is 10.7 Å². The van der Waals surface area contributed by atoms with Crippen LogP contribution in [0.1, 0.15) is 11.9 Å². The van der Waals surface area contributed by atoms with Gasteiger partial charge in [-0.1, -0.05) is 0 Å². The summed E-state index contributed by atoms with van der Waals surface area (Å²) in [6.07, 6.45) is 1.94. The van der Waals surface area contributed by atoms with E-state index in [-0.39, 0.29) is 6.17 Å². The Bertz CT molecular complexity index is 192. The summed E-state index contributed by atoms with van der Waals surface area (Å²) in [7, 11) is 3.93. The molecule has 0 spiro atoms. The number of hydrogen-bond donors (Lipinski definition) is 3. The van der Waals surface area contributed by atoms with Crippen molar-refractivity contribution in [1.29, 1.82) is 0 Å². The average Bonchev–Trinajstić information content (AvgIpc) is 2.40. The smallest absolute Gasteiger partial charge is 0.113 e. The summed E-state index contributed by atoms with van der Waals surface area (Å²) in [5, 5.41) is 0. The van der Waals surface area contributed by atoms with Crippen LogP contribution in [0.3, 0.4) is 0 Å². The maximum absolute atomic E-state index is 5.35. The van der Waals surface area contributed by atoms with Crippen LogP contribution >= 0.6 is 0 Å². The molecule has 0 saturated heterocycles. The van der Waals surface area contributed by atoms with Crippen molar-refractivity contribution in [2.24, 2.45) is 5.84 Å². The third-order valence-electron chi connectivity index (χ3n) is 1.59. The summed E-state index contributed by atoms with van der Waals surface area (Å²) < 4.78 is 0. The standard InChI is InChI=1S/C7H14N4/c1-11(2)7(10-8)6-4-3-5-9-6/h3-5,7,9-10H,8H2,1-2H3. The molecule has 0 bridgehead atoms. The van der Waals surface area contributed by atoms with E-state index in [1.807, 2.05) is 37.3 Å². The van der Waals surface area contributed by atoms with E-state index in [0.29, 0.717) is 0 Å². The molecule has 11 heavy (non-hydrogen) atoms. The molecule has 1 aromatic heterocycles. The predicted molar refractivity (Wildman–Crippen MR) is 44.5 cm³/mol. The molecule has 4 heteroatoms. The molecule has 4 N–H and O–H groups in total. The first-order chi connectivity index (χ1) is 5.25. The summed E-state index contributed by atoms with van der Waals surface area (Å²) in [5.74, 6) is 5.35. The molecular weight excluding hydrogens is 140 g/mol. The zero-order valence-corrected chi connectivity index (χ0v) is 6.83. The number of nitrogens with two attached hydrogens (primary N) is 1. The Morgan fingerprint density at radius 2 is 2.36 bits per heavy atom. The van der Waals surface area contributed by atoms with Crippen molar-refractivity contribution in [1.82, 2.24) is 15.3 Å². The molecule has 0 aromatic carbocycles. The Morgan fingerprint density at radius 3 is 2.73 bits per heavy atom. The molecule has 1 unspecified atom stereocenters. The first-order valence-corrected chi connectivity index (χ1v) is 3.51. The van der Waals surface area contributed by atoms with Gasteiger partial charge in [-0.05, 0) is 26.2 Å². The molecule has 0 aliphatic carbocycles. The minimum absolute atomic E-state index is 0.0602. The molecule has 4 nitrogen and oxygen atoms in total. The fourth-order valence-corrected chi connectivity index (χ4v) is 1.03. The van der Waals surface area contributed by atoms with Gasteiger partial charge in [0.05, 0.1) is 0 Å².